The largest absolute Gasteiger partial charge is 0.350 e. The Hall–Kier alpha value is -2.41. The summed E-state index contributed by atoms with van der Waals surface area (Å²) < 4.78 is 0. The molecule has 1 heterocycles. The summed E-state index contributed by atoms with van der Waals surface area (Å²) in [6.45, 7) is 2.70. The van der Waals surface area contributed by atoms with Crippen LogP contribution in [0.5, 0.6) is 0 Å². The van der Waals surface area contributed by atoms with Crippen molar-refractivity contribution in [2.24, 2.45) is 5.84 Å². The number of hydrazine groups is 1. The second kappa shape index (κ2) is 6.16. The molecule has 0 radical (unpaired) electrons. The summed E-state index contributed by atoms with van der Waals surface area (Å²) in [5, 5.41) is 3.17. The molecule has 1 aromatic carbocycles. The molecule has 4 N–H and O–H groups in total. The fraction of sp³-hybridized carbons (Fsp3) is 0.308. The van der Waals surface area contributed by atoms with E-state index >= 15 is 0 Å². The zero-order chi connectivity index (χ0) is 14.5. The molecule has 0 aliphatic heterocycles. The molecule has 20 heavy (non-hydrogen) atoms. The normalized spacial score (nSPS) is 10.2. The summed E-state index contributed by atoms with van der Waals surface area (Å²) in [7, 11) is 3.72. The van der Waals surface area contributed by atoms with E-state index in [-0.39, 0.29) is 0 Å². The molecule has 0 amide bonds. The first kappa shape index (κ1) is 14.0. The minimum absolute atomic E-state index is 0.329. The molecule has 0 bridgehead atoms. The summed E-state index contributed by atoms with van der Waals surface area (Å²) in [4.78, 5) is 14.4. The van der Waals surface area contributed by atoms with E-state index in [4.69, 9.17) is 5.84 Å². The molecule has 0 aliphatic carbocycles. The standard InChI is InChI=1S/C13H19N7/c1-9-4-6-10(7-5-9)8-15-11-16-12(19-14)18-13(17-11)20(2)3/h4-7H,8,14H2,1-3H3,(H2,15,16,17,18,19). The lowest BCUT2D eigenvalue weighted by Gasteiger charge is -2.13. The molecule has 0 spiro atoms. The summed E-state index contributed by atoms with van der Waals surface area (Å²) >= 11 is 0. The van der Waals surface area contributed by atoms with E-state index in [1.165, 1.54) is 5.56 Å². The summed E-state index contributed by atoms with van der Waals surface area (Å²) in [6, 6.07) is 8.28. The molecule has 0 aliphatic rings. The highest BCUT2D eigenvalue weighted by Gasteiger charge is 2.07. The van der Waals surface area contributed by atoms with Crippen LogP contribution in [0.25, 0.3) is 0 Å². The van der Waals surface area contributed by atoms with Crippen molar-refractivity contribution in [3.8, 4) is 0 Å². The van der Waals surface area contributed by atoms with Gasteiger partial charge in [-0.05, 0) is 12.5 Å². The van der Waals surface area contributed by atoms with Gasteiger partial charge in [-0.25, -0.2) is 5.84 Å². The van der Waals surface area contributed by atoms with Crippen LogP contribution in [0.15, 0.2) is 24.3 Å². The van der Waals surface area contributed by atoms with Crippen LogP contribution in [0, 0.1) is 6.92 Å². The van der Waals surface area contributed by atoms with E-state index in [2.05, 4.69) is 56.9 Å². The van der Waals surface area contributed by atoms with Crippen molar-refractivity contribution in [3.63, 3.8) is 0 Å². The molecule has 0 unspecified atom stereocenters. The molecule has 2 rings (SSSR count). The average Bonchev–Trinajstić information content (AvgIpc) is 2.46. The third kappa shape index (κ3) is 3.55. The number of hydrogen-bond acceptors (Lipinski definition) is 7. The van der Waals surface area contributed by atoms with Gasteiger partial charge in [0.05, 0.1) is 0 Å². The topological polar surface area (TPSA) is 92.0 Å². The van der Waals surface area contributed by atoms with Gasteiger partial charge in [-0.3, -0.25) is 5.43 Å². The number of hydrogen-bond donors (Lipinski definition) is 3. The molecule has 0 atom stereocenters. The van der Waals surface area contributed by atoms with Gasteiger partial charge in [0.25, 0.3) is 0 Å². The zero-order valence-electron chi connectivity index (χ0n) is 11.9. The SMILES string of the molecule is Cc1ccc(CNc2nc(NN)nc(N(C)C)n2)cc1. The molecule has 0 saturated carbocycles. The van der Waals surface area contributed by atoms with Gasteiger partial charge in [0.1, 0.15) is 0 Å². The van der Waals surface area contributed by atoms with E-state index in [1.807, 2.05) is 14.1 Å². The third-order valence-electron chi connectivity index (χ3n) is 2.72. The van der Waals surface area contributed by atoms with Gasteiger partial charge in [0.2, 0.25) is 17.8 Å². The lowest BCUT2D eigenvalue weighted by molar-refractivity contribution is 0.939. The summed E-state index contributed by atoms with van der Waals surface area (Å²) in [6.07, 6.45) is 0. The molecular formula is C13H19N7. The maximum absolute atomic E-state index is 5.36. The Morgan fingerprint density at radius 1 is 1.05 bits per heavy atom. The van der Waals surface area contributed by atoms with Gasteiger partial charge in [-0.2, -0.15) is 15.0 Å². The highest BCUT2D eigenvalue weighted by molar-refractivity contribution is 5.42. The van der Waals surface area contributed by atoms with Crippen LogP contribution in [0.4, 0.5) is 17.8 Å². The quantitative estimate of drug-likeness (QED) is 0.556. The Labute approximate surface area is 118 Å². The average molecular weight is 273 g/mol. The van der Waals surface area contributed by atoms with E-state index in [0.29, 0.717) is 24.4 Å². The van der Waals surface area contributed by atoms with Crippen LogP contribution >= 0.6 is 0 Å². The molecule has 7 nitrogen and oxygen atoms in total. The molecule has 7 heteroatoms. The van der Waals surface area contributed by atoms with E-state index in [0.717, 1.165) is 5.56 Å². The number of benzene rings is 1. The minimum atomic E-state index is 0.329. The summed E-state index contributed by atoms with van der Waals surface area (Å²) in [5.41, 5.74) is 4.83. The number of aromatic nitrogens is 3. The molecule has 2 aromatic rings. The maximum atomic E-state index is 5.36. The molecule has 0 saturated heterocycles. The highest BCUT2D eigenvalue weighted by Crippen LogP contribution is 2.12. The minimum Gasteiger partial charge on any atom is -0.350 e. The molecule has 1 aromatic heterocycles. The van der Waals surface area contributed by atoms with Crippen molar-refractivity contribution in [1.29, 1.82) is 0 Å². The van der Waals surface area contributed by atoms with Crippen molar-refractivity contribution < 1.29 is 0 Å². The monoisotopic (exact) mass is 273 g/mol. The van der Waals surface area contributed by atoms with E-state index in [9.17, 15) is 0 Å². The number of anilines is 3. The first-order chi connectivity index (χ1) is 9.58. The van der Waals surface area contributed by atoms with E-state index in [1.54, 1.807) is 4.90 Å². The highest BCUT2D eigenvalue weighted by atomic mass is 15.4. The number of aryl methyl sites for hydroxylation is 1. The van der Waals surface area contributed by atoms with Gasteiger partial charge < -0.3 is 10.2 Å². The van der Waals surface area contributed by atoms with E-state index < -0.39 is 0 Å². The fourth-order valence-corrected chi connectivity index (χ4v) is 1.60. The van der Waals surface area contributed by atoms with Gasteiger partial charge in [-0.15, -0.1) is 0 Å². The van der Waals surface area contributed by atoms with Crippen LogP contribution in [0.3, 0.4) is 0 Å². The molecule has 0 fully saturated rings. The Morgan fingerprint density at radius 3 is 2.30 bits per heavy atom. The number of nitrogens with zero attached hydrogens (tertiary/aromatic N) is 4. The van der Waals surface area contributed by atoms with Crippen LogP contribution in [-0.2, 0) is 6.54 Å². The van der Waals surface area contributed by atoms with Crippen molar-refractivity contribution in [2.45, 2.75) is 13.5 Å². The van der Waals surface area contributed by atoms with Crippen molar-refractivity contribution in [1.82, 2.24) is 15.0 Å². The van der Waals surface area contributed by atoms with Gasteiger partial charge in [0, 0.05) is 20.6 Å². The number of nitrogens with one attached hydrogen (secondary N) is 2. The zero-order valence-corrected chi connectivity index (χ0v) is 11.9. The molecular weight excluding hydrogens is 254 g/mol. The van der Waals surface area contributed by atoms with Crippen LogP contribution in [0.1, 0.15) is 11.1 Å². The lowest BCUT2D eigenvalue weighted by atomic mass is 10.1. The second-order valence-corrected chi connectivity index (χ2v) is 4.66. The predicted octanol–water partition coefficient (Wildman–Crippen LogP) is 1.14. The fourth-order valence-electron chi connectivity index (χ4n) is 1.60. The Balaban J connectivity index is 2.12. The Bertz CT molecular complexity index is 565. The number of nitrogen functional groups attached to an aromatic ring is 1. The lowest BCUT2D eigenvalue weighted by Crippen LogP contribution is -2.19. The van der Waals surface area contributed by atoms with Crippen LogP contribution in [-0.4, -0.2) is 29.0 Å². The van der Waals surface area contributed by atoms with Gasteiger partial charge in [0.15, 0.2) is 0 Å². The van der Waals surface area contributed by atoms with Crippen LogP contribution in [0.2, 0.25) is 0 Å². The smallest absolute Gasteiger partial charge is 0.243 e. The van der Waals surface area contributed by atoms with Crippen molar-refractivity contribution >= 4 is 17.8 Å². The number of rotatable bonds is 5. The maximum Gasteiger partial charge on any atom is 0.243 e. The summed E-state index contributed by atoms with van der Waals surface area (Å²) in [5.74, 6) is 6.72. The third-order valence-corrected chi connectivity index (χ3v) is 2.72. The molecule has 106 valence electrons. The second-order valence-electron chi connectivity index (χ2n) is 4.66. The van der Waals surface area contributed by atoms with Gasteiger partial charge >= 0.3 is 0 Å². The number of nitrogens with two attached hydrogens (primary N) is 1. The Kier molecular flexibility index (Phi) is 4.31. The first-order valence-electron chi connectivity index (χ1n) is 6.28. The van der Waals surface area contributed by atoms with Crippen molar-refractivity contribution in [2.75, 3.05) is 29.7 Å². The first-order valence-corrected chi connectivity index (χ1v) is 6.28. The van der Waals surface area contributed by atoms with Crippen LogP contribution < -0.4 is 21.5 Å². The predicted molar refractivity (Wildman–Crippen MR) is 80.5 cm³/mol. The van der Waals surface area contributed by atoms with Gasteiger partial charge in [-0.1, -0.05) is 29.8 Å². The Morgan fingerprint density at radius 2 is 1.70 bits per heavy atom. The van der Waals surface area contributed by atoms with Crippen molar-refractivity contribution in [3.05, 3.63) is 35.4 Å².